The minimum Gasteiger partial charge on any atom is -0.207 e. The van der Waals surface area contributed by atoms with E-state index in [9.17, 15) is 8.78 Å². The third-order valence-electron chi connectivity index (χ3n) is 2.38. The molecule has 1 aromatic carbocycles. The highest BCUT2D eigenvalue weighted by Crippen LogP contribution is 2.27. The minimum absolute atomic E-state index is 0.161. The molecule has 78 valence electrons. The van der Waals surface area contributed by atoms with Crippen LogP contribution in [0.1, 0.15) is 31.7 Å². The molecule has 0 aromatic heterocycles. The summed E-state index contributed by atoms with van der Waals surface area (Å²) in [5.74, 6) is -0.983. The quantitative estimate of drug-likeness (QED) is 0.671. The van der Waals surface area contributed by atoms with Crippen LogP contribution in [-0.4, -0.2) is 5.38 Å². The molecule has 2 atom stereocenters. The van der Waals surface area contributed by atoms with Crippen LogP contribution in [0.3, 0.4) is 0 Å². The summed E-state index contributed by atoms with van der Waals surface area (Å²) < 4.78 is 26.2. The van der Waals surface area contributed by atoms with Gasteiger partial charge in [-0.25, -0.2) is 8.78 Å². The number of hydrogen-bond acceptors (Lipinski definition) is 0. The Hall–Kier alpha value is -0.630. The van der Waals surface area contributed by atoms with Gasteiger partial charge in [0.1, 0.15) is 11.6 Å². The summed E-state index contributed by atoms with van der Waals surface area (Å²) in [6.45, 7) is 3.73. The van der Waals surface area contributed by atoms with Crippen molar-refractivity contribution in [1.82, 2.24) is 0 Å². The molecule has 0 aliphatic heterocycles. The van der Waals surface area contributed by atoms with Crippen molar-refractivity contribution in [2.75, 3.05) is 0 Å². The van der Waals surface area contributed by atoms with Gasteiger partial charge in [0, 0.05) is 11.3 Å². The van der Waals surface area contributed by atoms with Crippen molar-refractivity contribution in [3.8, 4) is 0 Å². The van der Waals surface area contributed by atoms with Crippen molar-refractivity contribution in [2.24, 2.45) is 0 Å². The fourth-order valence-electron chi connectivity index (χ4n) is 1.41. The van der Waals surface area contributed by atoms with Crippen molar-refractivity contribution in [3.63, 3.8) is 0 Å². The van der Waals surface area contributed by atoms with E-state index in [1.165, 1.54) is 6.07 Å². The SMILES string of the molecule is CCC(Cl)C(C)c1cc(F)ccc1F. The van der Waals surface area contributed by atoms with E-state index in [-0.39, 0.29) is 11.3 Å². The normalized spacial score (nSPS) is 15.2. The monoisotopic (exact) mass is 218 g/mol. The van der Waals surface area contributed by atoms with Gasteiger partial charge in [-0.1, -0.05) is 13.8 Å². The molecule has 0 fully saturated rings. The maximum absolute atomic E-state index is 13.3. The van der Waals surface area contributed by atoms with E-state index >= 15 is 0 Å². The van der Waals surface area contributed by atoms with Crippen LogP contribution in [0.25, 0.3) is 0 Å². The van der Waals surface area contributed by atoms with Gasteiger partial charge in [-0.05, 0) is 30.2 Å². The first kappa shape index (κ1) is 11.4. The van der Waals surface area contributed by atoms with Crippen LogP contribution in [0.4, 0.5) is 8.78 Å². The van der Waals surface area contributed by atoms with E-state index in [2.05, 4.69) is 0 Å². The Bertz CT molecular complexity index is 312. The van der Waals surface area contributed by atoms with Gasteiger partial charge in [-0.3, -0.25) is 0 Å². The second-order valence-corrected chi connectivity index (χ2v) is 3.94. The van der Waals surface area contributed by atoms with E-state index in [4.69, 9.17) is 11.6 Å². The molecule has 14 heavy (non-hydrogen) atoms. The Labute approximate surface area is 87.9 Å². The highest BCUT2D eigenvalue weighted by Gasteiger charge is 2.18. The highest BCUT2D eigenvalue weighted by atomic mass is 35.5. The predicted molar refractivity (Wildman–Crippen MR) is 54.7 cm³/mol. The summed E-state index contributed by atoms with van der Waals surface area (Å²) in [6, 6.07) is 3.46. The lowest BCUT2D eigenvalue weighted by molar-refractivity contribution is 0.556. The molecule has 0 aliphatic rings. The van der Waals surface area contributed by atoms with Gasteiger partial charge in [-0.2, -0.15) is 0 Å². The average molecular weight is 219 g/mol. The maximum atomic E-state index is 13.3. The molecule has 0 aliphatic carbocycles. The Kier molecular flexibility index (Phi) is 3.87. The lowest BCUT2D eigenvalue weighted by Crippen LogP contribution is -2.10. The number of hydrogen-bond donors (Lipinski definition) is 0. The molecular formula is C11H13ClF2. The fraction of sp³-hybridized carbons (Fsp3) is 0.455. The molecule has 0 radical (unpaired) electrons. The summed E-state index contributed by atoms with van der Waals surface area (Å²) >= 11 is 5.99. The fourth-order valence-corrected chi connectivity index (χ4v) is 1.55. The highest BCUT2D eigenvalue weighted by molar-refractivity contribution is 6.21. The second kappa shape index (κ2) is 4.74. The first-order chi connectivity index (χ1) is 6.56. The van der Waals surface area contributed by atoms with E-state index in [1.807, 2.05) is 6.92 Å². The third kappa shape index (κ3) is 2.44. The van der Waals surface area contributed by atoms with Crippen molar-refractivity contribution < 1.29 is 8.78 Å². The van der Waals surface area contributed by atoms with Crippen molar-refractivity contribution >= 4 is 11.6 Å². The topological polar surface area (TPSA) is 0 Å². The molecule has 0 nitrogen and oxygen atoms in total. The molecule has 0 saturated heterocycles. The van der Waals surface area contributed by atoms with Crippen molar-refractivity contribution in [3.05, 3.63) is 35.4 Å². The lowest BCUT2D eigenvalue weighted by atomic mass is 9.95. The number of rotatable bonds is 3. The van der Waals surface area contributed by atoms with Crippen LogP contribution in [-0.2, 0) is 0 Å². The Morgan fingerprint density at radius 2 is 2.00 bits per heavy atom. The van der Waals surface area contributed by atoms with Gasteiger partial charge in [0.05, 0.1) is 0 Å². The second-order valence-electron chi connectivity index (χ2n) is 3.38. The van der Waals surface area contributed by atoms with Crippen molar-refractivity contribution in [2.45, 2.75) is 31.6 Å². The van der Waals surface area contributed by atoms with Crippen LogP contribution in [0, 0.1) is 11.6 Å². The Morgan fingerprint density at radius 1 is 1.36 bits per heavy atom. The standard InChI is InChI=1S/C11H13ClF2/c1-3-10(12)7(2)9-6-8(13)4-5-11(9)14/h4-7,10H,3H2,1-2H3. The van der Waals surface area contributed by atoms with Crippen LogP contribution in [0.5, 0.6) is 0 Å². The molecule has 0 bridgehead atoms. The number of halogens is 3. The molecule has 0 heterocycles. The smallest absolute Gasteiger partial charge is 0.126 e. The summed E-state index contributed by atoms with van der Waals surface area (Å²) in [5, 5.41) is -0.161. The zero-order valence-electron chi connectivity index (χ0n) is 8.23. The molecule has 1 aromatic rings. The van der Waals surface area contributed by atoms with Gasteiger partial charge in [0.2, 0.25) is 0 Å². The summed E-state index contributed by atoms with van der Waals surface area (Å²) in [6.07, 6.45) is 0.735. The summed E-state index contributed by atoms with van der Waals surface area (Å²) in [5.41, 5.74) is 0.354. The molecule has 0 spiro atoms. The van der Waals surface area contributed by atoms with Gasteiger partial charge < -0.3 is 0 Å². The summed E-state index contributed by atoms with van der Waals surface area (Å²) in [4.78, 5) is 0. The molecule has 0 amide bonds. The molecule has 3 heteroatoms. The van der Waals surface area contributed by atoms with Crippen LogP contribution >= 0.6 is 11.6 Å². The molecular weight excluding hydrogens is 206 g/mol. The van der Waals surface area contributed by atoms with E-state index < -0.39 is 11.6 Å². The van der Waals surface area contributed by atoms with E-state index in [1.54, 1.807) is 6.92 Å². The van der Waals surface area contributed by atoms with Gasteiger partial charge in [-0.15, -0.1) is 11.6 Å². The van der Waals surface area contributed by atoms with E-state index in [0.717, 1.165) is 18.6 Å². The number of alkyl halides is 1. The zero-order valence-corrected chi connectivity index (χ0v) is 8.98. The minimum atomic E-state index is -0.423. The molecule has 1 rings (SSSR count). The van der Waals surface area contributed by atoms with E-state index in [0.29, 0.717) is 5.56 Å². The Morgan fingerprint density at radius 3 is 2.57 bits per heavy atom. The molecule has 2 unspecified atom stereocenters. The molecule has 0 saturated carbocycles. The molecule has 0 N–H and O–H groups in total. The predicted octanol–water partition coefficient (Wildman–Crippen LogP) is 4.09. The van der Waals surface area contributed by atoms with Gasteiger partial charge >= 0.3 is 0 Å². The van der Waals surface area contributed by atoms with Gasteiger partial charge in [0.15, 0.2) is 0 Å². The maximum Gasteiger partial charge on any atom is 0.126 e. The summed E-state index contributed by atoms with van der Waals surface area (Å²) in [7, 11) is 0. The third-order valence-corrected chi connectivity index (χ3v) is 3.07. The van der Waals surface area contributed by atoms with Gasteiger partial charge in [0.25, 0.3) is 0 Å². The lowest BCUT2D eigenvalue weighted by Gasteiger charge is -2.17. The Balaban J connectivity index is 2.99. The van der Waals surface area contributed by atoms with Crippen LogP contribution in [0.15, 0.2) is 18.2 Å². The van der Waals surface area contributed by atoms with Crippen LogP contribution in [0.2, 0.25) is 0 Å². The largest absolute Gasteiger partial charge is 0.207 e. The zero-order chi connectivity index (χ0) is 10.7. The first-order valence-corrected chi connectivity index (χ1v) is 5.09. The van der Waals surface area contributed by atoms with Crippen molar-refractivity contribution in [1.29, 1.82) is 0 Å². The first-order valence-electron chi connectivity index (χ1n) is 4.65. The average Bonchev–Trinajstić information content (AvgIpc) is 2.19. The van der Waals surface area contributed by atoms with Crippen LogP contribution < -0.4 is 0 Å². The number of benzene rings is 1.